The van der Waals surface area contributed by atoms with Crippen LogP contribution in [0.5, 0.6) is 0 Å². The topological polar surface area (TPSA) is 66.4 Å². The van der Waals surface area contributed by atoms with Crippen LogP contribution in [-0.2, 0) is 9.59 Å². The fraction of sp³-hybridized carbons (Fsp3) is 0.385. The predicted octanol–water partition coefficient (Wildman–Crippen LogP) is 3.29. The van der Waals surface area contributed by atoms with Gasteiger partial charge in [-0.25, -0.2) is 0 Å². The van der Waals surface area contributed by atoms with E-state index in [-0.39, 0.29) is 11.7 Å². The average molecular weight is 346 g/mol. The fourth-order valence-electron chi connectivity index (χ4n) is 1.23. The van der Waals surface area contributed by atoms with Gasteiger partial charge in [-0.15, -0.1) is 11.8 Å². The lowest BCUT2D eigenvalue weighted by Gasteiger charge is -2.17. The van der Waals surface area contributed by atoms with Crippen molar-refractivity contribution in [3.05, 3.63) is 28.2 Å². The smallest absolute Gasteiger partial charge is 0.319 e. The molecule has 0 radical (unpaired) electrons. The minimum Gasteiger partial charge on any atom is -0.480 e. The standard InChI is InChI=1S/C13H16BrNO3S/c1-8-6-9(4-5-10(8)14)15-11(16)7-19-13(2,3)12(17)18/h4-6H,7H2,1-3H3,(H,15,16)(H,17,18). The van der Waals surface area contributed by atoms with Gasteiger partial charge < -0.3 is 10.4 Å². The molecular weight excluding hydrogens is 330 g/mol. The maximum absolute atomic E-state index is 11.7. The number of anilines is 1. The summed E-state index contributed by atoms with van der Waals surface area (Å²) in [6.45, 7) is 5.09. The first-order valence-corrected chi connectivity index (χ1v) is 7.43. The Hall–Kier alpha value is -1.01. The second-order valence-electron chi connectivity index (χ2n) is 4.62. The largest absolute Gasteiger partial charge is 0.480 e. The lowest BCUT2D eigenvalue weighted by atomic mass is 10.2. The molecule has 0 saturated carbocycles. The summed E-state index contributed by atoms with van der Waals surface area (Å²) in [6.07, 6.45) is 0. The van der Waals surface area contributed by atoms with Gasteiger partial charge in [0.2, 0.25) is 5.91 Å². The molecule has 104 valence electrons. The molecule has 1 aromatic carbocycles. The van der Waals surface area contributed by atoms with E-state index in [1.165, 1.54) is 0 Å². The van der Waals surface area contributed by atoms with E-state index in [9.17, 15) is 9.59 Å². The van der Waals surface area contributed by atoms with Crippen LogP contribution >= 0.6 is 27.7 Å². The number of hydrogen-bond acceptors (Lipinski definition) is 3. The fourth-order valence-corrected chi connectivity index (χ4v) is 2.16. The Kier molecular flexibility index (Phi) is 5.43. The van der Waals surface area contributed by atoms with E-state index in [1.807, 2.05) is 19.1 Å². The van der Waals surface area contributed by atoms with Crippen molar-refractivity contribution in [2.45, 2.75) is 25.5 Å². The van der Waals surface area contributed by atoms with Gasteiger partial charge in [0.1, 0.15) is 4.75 Å². The van der Waals surface area contributed by atoms with Crippen molar-refractivity contribution >= 4 is 45.3 Å². The predicted molar refractivity (Wildman–Crippen MR) is 81.7 cm³/mol. The summed E-state index contributed by atoms with van der Waals surface area (Å²) in [6, 6.07) is 5.51. The third-order valence-corrected chi connectivity index (χ3v) is 4.71. The molecule has 4 nitrogen and oxygen atoms in total. The molecule has 19 heavy (non-hydrogen) atoms. The number of thioether (sulfide) groups is 1. The Labute approximate surface area is 125 Å². The highest BCUT2D eigenvalue weighted by molar-refractivity contribution is 9.10. The first kappa shape index (κ1) is 16.0. The van der Waals surface area contributed by atoms with Crippen molar-refractivity contribution < 1.29 is 14.7 Å². The van der Waals surface area contributed by atoms with Gasteiger partial charge in [0.05, 0.1) is 5.75 Å². The van der Waals surface area contributed by atoms with Crippen molar-refractivity contribution in [2.24, 2.45) is 0 Å². The zero-order valence-corrected chi connectivity index (χ0v) is 13.4. The number of carbonyl (C=O) groups is 2. The van der Waals surface area contributed by atoms with E-state index < -0.39 is 10.7 Å². The van der Waals surface area contributed by atoms with Crippen molar-refractivity contribution in [1.29, 1.82) is 0 Å². The van der Waals surface area contributed by atoms with Crippen LogP contribution in [0.25, 0.3) is 0 Å². The lowest BCUT2D eigenvalue weighted by Crippen LogP contribution is -2.29. The third kappa shape index (κ3) is 4.87. The Bertz CT molecular complexity index is 503. The monoisotopic (exact) mass is 345 g/mol. The number of nitrogens with one attached hydrogen (secondary N) is 1. The van der Waals surface area contributed by atoms with Gasteiger partial charge in [0.25, 0.3) is 0 Å². The maximum atomic E-state index is 11.7. The Morgan fingerprint density at radius 3 is 2.58 bits per heavy atom. The summed E-state index contributed by atoms with van der Waals surface area (Å²) in [7, 11) is 0. The molecule has 0 bridgehead atoms. The van der Waals surface area contributed by atoms with Gasteiger partial charge in [0, 0.05) is 10.2 Å². The molecular formula is C13H16BrNO3S. The number of rotatable bonds is 5. The molecule has 0 heterocycles. The van der Waals surface area contributed by atoms with Crippen LogP contribution in [-0.4, -0.2) is 27.5 Å². The lowest BCUT2D eigenvalue weighted by molar-refractivity contribution is -0.138. The second-order valence-corrected chi connectivity index (χ2v) is 7.07. The van der Waals surface area contributed by atoms with Gasteiger partial charge in [0.15, 0.2) is 0 Å². The molecule has 0 aliphatic carbocycles. The number of halogens is 1. The summed E-state index contributed by atoms with van der Waals surface area (Å²) in [5, 5.41) is 11.7. The summed E-state index contributed by atoms with van der Waals surface area (Å²) in [4.78, 5) is 22.7. The molecule has 0 aliphatic heterocycles. The van der Waals surface area contributed by atoms with Crippen molar-refractivity contribution in [2.75, 3.05) is 11.1 Å². The highest BCUT2D eigenvalue weighted by Gasteiger charge is 2.28. The van der Waals surface area contributed by atoms with Gasteiger partial charge in [-0.3, -0.25) is 9.59 Å². The van der Waals surface area contributed by atoms with Crippen molar-refractivity contribution in [3.8, 4) is 0 Å². The molecule has 0 aromatic heterocycles. The first-order valence-electron chi connectivity index (χ1n) is 5.66. The number of carboxylic acids is 1. The molecule has 0 fully saturated rings. The SMILES string of the molecule is Cc1cc(NC(=O)CSC(C)(C)C(=O)O)ccc1Br. The summed E-state index contributed by atoms with van der Waals surface area (Å²) >= 11 is 4.49. The maximum Gasteiger partial charge on any atom is 0.319 e. The summed E-state index contributed by atoms with van der Waals surface area (Å²) < 4.78 is 0.0133. The molecule has 0 aliphatic rings. The molecule has 0 unspecified atom stereocenters. The number of aryl methyl sites for hydroxylation is 1. The van der Waals surface area contributed by atoms with E-state index >= 15 is 0 Å². The van der Waals surface area contributed by atoms with Crippen LogP contribution in [0, 0.1) is 6.92 Å². The number of aliphatic carboxylic acids is 1. The Balaban J connectivity index is 2.56. The highest BCUT2D eigenvalue weighted by atomic mass is 79.9. The molecule has 1 aromatic rings. The van der Waals surface area contributed by atoms with Crippen LogP contribution in [0.15, 0.2) is 22.7 Å². The molecule has 1 rings (SSSR count). The summed E-state index contributed by atoms with van der Waals surface area (Å²) in [5.41, 5.74) is 1.73. The summed E-state index contributed by atoms with van der Waals surface area (Å²) in [5.74, 6) is -1.03. The van der Waals surface area contributed by atoms with Gasteiger partial charge in [-0.05, 0) is 44.5 Å². The quantitative estimate of drug-likeness (QED) is 0.859. The van der Waals surface area contributed by atoms with Gasteiger partial charge in [-0.2, -0.15) is 0 Å². The van der Waals surface area contributed by atoms with Crippen LogP contribution < -0.4 is 5.32 Å². The number of carboxylic acid groups (broad SMARTS) is 1. The van der Waals surface area contributed by atoms with E-state index in [1.54, 1.807) is 19.9 Å². The third-order valence-electron chi connectivity index (χ3n) is 2.52. The van der Waals surface area contributed by atoms with E-state index in [0.29, 0.717) is 5.69 Å². The molecule has 0 atom stereocenters. The van der Waals surface area contributed by atoms with Crippen LogP contribution in [0.2, 0.25) is 0 Å². The van der Waals surface area contributed by atoms with Crippen LogP contribution in [0.1, 0.15) is 19.4 Å². The van der Waals surface area contributed by atoms with Gasteiger partial charge in [-0.1, -0.05) is 15.9 Å². The normalized spacial score (nSPS) is 11.2. The van der Waals surface area contributed by atoms with Crippen LogP contribution in [0.3, 0.4) is 0 Å². The Morgan fingerprint density at radius 1 is 1.42 bits per heavy atom. The van der Waals surface area contributed by atoms with E-state index in [0.717, 1.165) is 21.8 Å². The second kappa shape index (κ2) is 6.43. The first-order chi connectivity index (χ1) is 8.72. The highest BCUT2D eigenvalue weighted by Crippen LogP contribution is 2.25. The minimum atomic E-state index is -0.965. The van der Waals surface area contributed by atoms with E-state index in [2.05, 4.69) is 21.2 Å². The van der Waals surface area contributed by atoms with E-state index in [4.69, 9.17) is 5.11 Å². The number of carbonyl (C=O) groups excluding carboxylic acids is 1. The molecule has 0 saturated heterocycles. The number of hydrogen-bond donors (Lipinski definition) is 2. The average Bonchev–Trinajstić information content (AvgIpc) is 2.31. The number of amides is 1. The van der Waals surface area contributed by atoms with Crippen molar-refractivity contribution in [1.82, 2.24) is 0 Å². The zero-order chi connectivity index (χ0) is 14.6. The molecule has 2 N–H and O–H groups in total. The van der Waals surface area contributed by atoms with Crippen LogP contribution in [0.4, 0.5) is 5.69 Å². The Morgan fingerprint density at radius 2 is 2.05 bits per heavy atom. The minimum absolute atomic E-state index is 0.106. The zero-order valence-electron chi connectivity index (χ0n) is 11.0. The molecule has 1 amide bonds. The molecule has 6 heteroatoms. The van der Waals surface area contributed by atoms with Crippen molar-refractivity contribution in [3.63, 3.8) is 0 Å². The number of benzene rings is 1. The van der Waals surface area contributed by atoms with Gasteiger partial charge >= 0.3 is 5.97 Å². The molecule has 0 spiro atoms.